The van der Waals surface area contributed by atoms with Crippen LogP contribution in [0.1, 0.15) is 16.1 Å². The molecule has 0 spiro atoms. The van der Waals surface area contributed by atoms with E-state index >= 15 is 0 Å². The average molecular weight is 248 g/mol. The van der Waals surface area contributed by atoms with Crippen LogP contribution in [0.4, 0.5) is 5.69 Å². The molecule has 0 saturated carbocycles. The van der Waals surface area contributed by atoms with Gasteiger partial charge in [-0.25, -0.2) is 9.78 Å². The number of aromatic carboxylic acids is 1. The smallest absolute Gasteiger partial charge is 0.358 e. The minimum Gasteiger partial charge on any atom is -0.476 e. The lowest BCUT2D eigenvalue weighted by Gasteiger charge is -2.03. The second-order valence-electron chi connectivity index (χ2n) is 3.54. The molecule has 0 aliphatic carbocycles. The van der Waals surface area contributed by atoms with E-state index in [9.17, 15) is 14.9 Å². The molecule has 1 N–H and O–H groups in total. The summed E-state index contributed by atoms with van der Waals surface area (Å²) >= 11 is 0. The number of nitro benzene ring substituents is 1. The minimum atomic E-state index is -1.25. The molecule has 0 unspecified atom stereocenters. The van der Waals surface area contributed by atoms with Crippen molar-refractivity contribution in [1.82, 2.24) is 4.98 Å². The van der Waals surface area contributed by atoms with Crippen LogP contribution in [-0.2, 0) is 0 Å². The monoisotopic (exact) mass is 248 g/mol. The number of carbonyl (C=O) groups is 1. The van der Waals surface area contributed by atoms with Gasteiger partial charge >= 0.3 is 5.97 Å². The van der Waals surface area contributed by atoms with E-state index in [1.165, 1.54) is 19.1 Å². The highest BCUT2D eigenvalue weighted by Gasteiger charge is 2.22. The fourth-order valence-corrected chi connectivity index (χ4v) is 1.66. The molecule has 0 fully saturated rings. The molecule has 1 aromatic carbocycles. The van der Waals surface area contributed by atoms with Gasteiger partial charge in [0, 0.05) is 17.2 Å². The average Bonchev–Trinajstić information content (AvgIpc) is 2.77. The lowest BCUT2D eigenvalue weighted by Crippen LogP contribution is -2.00. The Kier molecular flexibility index (Phi) is 2.80. The number of carboxylic acids is 1. The largest absolute Gasteiger partial charge is 0.476 e. The molecule has 2 rings (SSSR count). The molecule has 7 nitrogen and oxygen atoms in total. The summed E-state index contributed by atoms with van der Waals surface area (Å²) in [5, 5.41) is 19.7. The molecule has 0 aliphatic rings. The molecule has 2 aromatic rings. The Morgan fingerprint density at radius 1 is 1.50 bits per heavy atom. The van der Waals surface area contributed by atoms with Gasteiger partial charge in [-0.05, 0) is 6.92 Å². The Morgan fingerprint density at radius 2 is 2.22 bits per heavy atom. The first-order valence-electron chi connectivity index (χ1n) is 4.93. The molecule has 7 heteroatoms. The van der Waals surface area contributed by atoms with Crippen molar-refractivity contribution >= 4 is 11.7 Å². The number of nitrogens with zero attached hydrogens (tertiary/aromatic N) is 2. The van der Waals surface area contributed by atoms with Crippen molar-refractivity contribution in [1.29, 1.82) is 0 Å². The van der Waals surface area contributed by atoms with Gasteiger partial charge in [0.1, 0.15) is 0 Å². The Balaban J connectivity index is 2.65. The topological polar surface area (TPSA) is 106 Å². The van der Waals surface area contributed by atoms with Crippen LogP contribution in [0.15, 0.2) is 29.0 Å². The highest BCUT2D eigenvalue weighted by molar-refractivity contribution is 5.92. The van der Waals surface area contributed by atoms with E-state index in [0.717, 1.165) is 6.39 Å². The Bertz CT molecular complexity index is 632. The van der Waals surface area contributed by atoms with Crippen LogP contribution < -0.4 is 0 Å². The summed E-state index contributed by atoms with van der Waals surface area (Å²) < 4.78 is 5.01. The van der Waals surface area contributed by atoms with Gasteiger partial charge < -0.3 is 9.52 Å². The van der Waals surface area contributed by atoms with Crippen LogP contribution in [0.5, 0.6) is 0 Å². The van der Waals surface area contributed by atoms with Gasteiger partial charge in [0.05, 0.1) is 4.92 Å². The maximum Gasteiger partial charge on any atom is 0.358 e. The number of benzene rings is 1. The summed E-state index contributed by atoms with van der Waals surface area (Å²) in [4.78, 5) is 24.8. The van der Waals surface area contributed by atoms with E-state index in [0.29, 0.717) is 11.1 Å². The fraction of sp³-hybridized carbons (Fsp3) is 0.0909. The van der Waals surface area contributed by atoms with Gasteiger partial charge in [-0.15, -0.1) is 0 Å². The van der Waals surface area contributed by atoms with E-state index in [4.69, 9.17) is 9.52 Å². The number of carboxylic acid groups (broad SMARTS) is 1. The van der Waals surface area contributed by atoms with Gasteiger partial charge in [-0.2, -0.15) is 0 Å². The van der Waals surface area contributed by atoms with Crippen LogP contribution in [0.2, 0.25) is 0 Å². The van der Waals surface area contributed by atoms with Crippen LogP contribution in [0.3, 0.4) is 0 Å². The van der Waals surface area contributed by atoms with Gasteiger partial charge in [-0.3, -0.25) is 10.1 Å². The maximum absolute atomic E-state index is 10.9. The van der Waals surface area contributed by atoms with E-state index in [1.54, 1.807) is 6.07 Å². The van der Waals surface area contributed by atoms with Crippen molar-refractivity contribution in [2.75, 3.05) is 0 Å². The van der Waals surface area contributed by atoms with Gasteiger partial charge in [0.15, 0.2) is 17.8 Å². The van der Waals surface area contributed by atoms with E-state index in [-0.39, 0.29) is 17.1 Å². The molecule has 1 aromatic heterocycles. The number of aromatic nitrogens is 1. The third kappa shape index (κ3) is 1.81. The van der Waals surface area contributed by atoms with Gasteiger partial charge in [-0.1, -0.05) is 12.1 Å². The zero-order valence-corrected chi connectivity index (χ0v) is 9.28. The quantitative estimate of drug-likeness (QED) is 0.659. The molecule has 18 heavy (non-hydrogen) atoms. The predicted octanol–water partition coefficient (Wildman–Crippen LogP) is 2.26. The summed E-state index contributed by atoms with van der Waals surface area (Å²) in [6, 6.07) is 4.36. The van der Waals surface area contributed by atoms with Crippen molar-refractivity contribution in [2.24, 2.45) is 0 Å². The summed E-state index contributed by atoms with van der Waals surface area (Å²) in [5.41, 5.74) is 0.319. The SMILES string of the molecule is Cc1c(-c2ocnc2C(=O)O)cccc1[N+](=O)[O-]. The van der Waals surface area contributed by atoms with Crippen LogP contribution in [-0.4, -0.2) is 21.0 Å². The van der Waals surface area contributed by atoms with Crippen LogP contribution >= 0.6 is 0 Å². The Labute approximate surface area is 101 Å². The second-order valence-corrected chi connectivity index (χ2v) is 3.54. The number of oxazole rings is 1. The first-order valence-corrected chi connectivity index (χ1v) is 4.93. The Hall–Kier alpha value is -2.70. The number of nitro groups is 1. The number of hydrogen-bond donors (Lipinski definition) is 1. The molecule has 0 bridgehead atoms. The van der Waals surface area contributed by atoms with Crippen molar-refractivity contribution in [3.63, 3.8) is 0 Å². The van der Waals surface area contributed by atoms with Crippen molar-refractivity contribution in [2.45, 2.75) is 6.92 Å². The van der Waals surface area contributed by atoms with Crippen molar-refractivity contribution in [3.05, 3.63) is 46.0 Å². The number of hydrogen-bond acceptors (Lipinski definition) is 5. The third-order valence-electron chi connectivity index (χ3n) is 2.52. The summed E-state index contributed by atoms with van der Waals surface area (Å²) in [6.45, 7) is 1.53. The van der Waals surface area contributed by atoms with Gasteiger partial charge in [0.2, 0.25) is 0 Å². The molecule has 0 aliphatic heterocycles. The molecule has 0 radical (unpaired) electrons. The van der Waals surface area contributed by atoms with Crippen molar-refractivity contribution in [3.8, 4) is 11.3 Å². The minimum absolute atomic E-state index is 0.0173. The van der Waals surface area contributed by atoms with Crippen LogP contribution in [0, 0.1) is 17.0 Å². The third-order valence-corrected chi connectivity index (χ3v) is 2.52. The standard InChI is InChI=1S/C11H8N2O5/c1-6-7(3-2-4-8(6)13(16)17)10-9(11(14)15)12-5-18-10/h2-5H,1H3,(H,14,15). The summed E-state index contributed by atoms with van der Waals surface area (Å²) in [6.07, 6.45) is 0.997. The normalized spacial score (nSPS) is 10.3. The lowest BCUT2D eigenvalue weighted by atomic mass is 10.0. The summed E-state index contributed by atoms with van der Waals surface area (Å²) in [5.74, 6) is -1.23. The highest BCUT2D eigenvalue weighted by Crippen LogP contribution is 2.31. The molecular weight excluding hydrogens is 240 g/mol. The zero-order valence-electron chi connectivity index (χ0n) is 9.28. The lowest BCUT2D eigenvalue weighted by molar-refractivity contribution is -0.385. The Morgan fingerprint density at radius 3 is 2.83 bits per heavy atom. The first kappa shape index (κ1) is 11.8. The second kappa shape index (κ2) is 4.28. The molecule has 0 amide bonds. The molecule has 92 valence electrons. The van der Waals surface area contributed by atoms with E-state index in [2.05, 4.69) is 4.98 Å². The van der Waals surface area contributed by atoms with Crippen molar-refractivity contribution < 1.29 is 19.2 Å². The van der Waals surface area contributed by atoms with Gasteiger partial charge in [0.25, 0.3) is 5.69 Å². The molecule has 1 heterocycles. The van der Waals surface area contributed by atoms with Crippen LogP contribution in [0.25, 0.3) is 11.3 Å². The number of rotatable bonds is 3. The zero-order chi connectivity index (χ0) is 13.3. The molecule has 0 saturated heterocycles. The van der Waals surface area contributed by atoms with E-state index in [1.807, 2.05) is 0 Å². The summed E-state index contributed by atoms with van der Waals surface area (Å²) in [7, 11) is 0. The highest BCUT2D eigenvalue weighted by atomic mass is 16.6. The molecule has 0 atom stereocenters. The first-order chi connectivity index (χ1) is 8.52. The van der Waals surface area contributed by atoms with E-state index < -0.39 is 10.9 Å². The fourth-order valence-electron chi connectivity index (χ4n) is 1.66. The predicted molar refractivity (Wildman–Crippen MR) is 60.3 cm³/mol. The maximum atomic E-state index is 10.9. The molecular formula is C11H8N2O5.